The second kappa shape index (κ2) is 10.5. The first-order valence-corrected chi connectivity index (χ1v) is 14.4. The van der Waals surface area contributed by atoms with Crippen molar-refractivity contribution in [1.82, 2.24) is 19.5 Å². The highest BCUT2D eigenvalue weighted by atomic mass is 15.1. The molecule has 0 amide bonds. The van der Waals surface area contributed by atoms with Crippen LogP contribution >= 0.6 is 0 Å². The Morgan fingerprint density at radius 3 is 1.33 bits per heavy atom. The molecular formula is C39H26N4. The van der Waals surface area contributed by atoms with Gasteiger partial charge >= 0.3 is 0 Å². The summed E-state index contributed by atoms with van der Waals surface area (Å²) in [6.07, 6.45) is 0. The maximum absolute atomic E-state index is 5.10. The van der Waals surface area contributed by atoms with Gasteiger partial charge in [-0.05, 0) is 35.4 Å². The molecule has 6 aromatic carbocycles. The van der Waals surface area contributed by atoms with E-state index in [2.05, 4.69) is 95.6 Å². The molecule has 0 unspecified atom stereocenters. The molecule has 0 atom stereocenters. The first-order valence-electron chi connectivity index (χ1n) is 14.4. The van der Waals surface area contributed by atoms with Gasteiger partial charge in [0.05, 0.1) is 16.7 Å². The first-order chi connectivity index (χ1) is 21.3. The topological polar surface area (TPSA) is 43.6 Å². The lowest BCUT2D eigenvalue weighted by molar-refractivity contribution is 1.06. The van der Waals surface area contributed by atoms with Crippen molar-refractivity contribution in [1.29, 1.82) is 0 Å². The lowest BCUT2D eigenvalue weighted by Gasteiger charge is -2.16. The molecular weight excluding hydrogens is 524 g/mol. The fraction of sp³-hybridized carbons (Fsp3) is 0. The van der Waals surface area contributed by atoms with Crippen LogP contribution in [0.5, 0.6) is 0 Å². The molecule has 4 nitrogen and oxygen atoms in total. The quantitative estimate of drug-likeness (QED) is 0.214. The zero-order valence-corrected chi connectivity index (χ0v) is 23.3. The van der Waals surface area contributed by atoms with Crippen LogP contribution in [0.3, 0.4) is 0 Å². The molecule has 0 aliphatic heterocycles. The van der Waals surface area contributed by atoms with Crippen molar-refractivity contribution in [2.45, 2.75) is 0 Å². The van der Waals surface area contributed by atoms with Crippen LogP contribution in [0.1, 0.15) is 0 Å². The minimum atomic E-state index is 0.629. The Labute approximate surface area is 249 Å². The van der Waals surface area contributed by atoms with E-state index < -0.39 is 0 Å². The summed E-state index contributed by atoms with van der Waals surface area (Å²) in [5.41, 5.74) is 8.39. The summed E-state index contributed by atoms with van der Waals surface area (Å²) >= 11 is 0. The van der Waals surface area contributed by atoms with Gasteiger partial charge in [-0.3, -0.25) is 0 Å². The molecule has 0 radical (unpaired) electrons. The van der Waals surface area contributed by atoms with Crippen LogP contribution in [0.15, 0.2) is 158 Å². The van der Waals surface area contributed by atoms with Crippen molar-refractivity contribution in [3.05, 3.63) is 158 Å². The van der Waals surface area contributed by atoms with Crippen molar-refractivity contribution < 1.29 is 0 Å². The van der Waals surface area contributed by atoms with Gasteiger partial charge in [0.15, 0.2) is 17.5 Å². The van der Waals surface area contributed by atoms with Crippen molar-refractivity contribution >= 4 is 21.8 Å². The zero-order chi connectivity index (χ0) is 28.6. The number of hydrogen-bond acceptors (Lipinski definition) is 3. The number of fused-ring (bicyclic) bond motifs is 3. The minimum absolute atomic E-state index is 0.629. The van der Waals surface area contributed by atoms with Gasteiger partial charge in [-0.25, -0.2) is 15.0 Å². The predicted molar refractivity (Wildman–Crippen MR) is 176 cm³/mol. The van der Waals surface area contributed by atoms with Crippen LogP contribution in [-0.4, -0.2) is 19.5 Å². The van der Waals surface area contributed by atoms with Crippen LogP contribution in [0, 0.1) is 0 Å². The third-order valence-corrected chi connectivity index (χ3v) is 7.87. The van der Waals surface area contributed by atoms with E-state index in [-0.39, 0.29) is 0 Å². The van der Waals surface area contributed by atoms with Crippen LogP contribution in [0.2, 0.25) is 0 Å². The Morgan fingerprint density at radius 1 is 0.349 bits per heavy atom. The number of hydrogen-bond donors (Lipinski definition) is 0. The van der Waals surface area contributed by atoms with Crippen molar-refractivity contribution in [3.63, 3.8) is 0 Å². The molecule has 0 N–H and O–H groups in total. The van der Waals surface area contributed by atoms with Gasteiger partial charge in [0.2, 0.25) is 0 Å². The molecule has 0 saturated carbocycles. The van der Waals surface area contributed by atoms with Crippen LogP contribution in [0.4, 0.5) is 0 Å². The molecule has 4 heteroatoms. The first kappa shape index (κ1) is 24.9. The lowest BCUT2D eigenvalue weighted by Crippen LogP contribution is -2.04. The SMILES string of the molecule is c1ccc(-c2ccc(-c3nc(-c4ccccc4)nc(-c4ccccc4)n3)c(-n3c4ccccc4c4ccccc43)c2)cc1. The molecule has 0 fully saturated rings. The summed E-state index contributed by atoms with van der Waals surface area (Å²) in [6, 6.07) is 54.5. The molecule has 0 aliphatic carbocycles. The Morgan fingerprint density at radius 2 is 0.791 bits per heavy atom. The summed E-state index contributed by atoms with van der Waals surface area (Å²) in [6.45, 7) is 0. The normalized spacial score (nSPS) is 11.3. The average molecular weight is 551 g/mol. The third kappa shape index (κ3) is 4.46. The summed E-state index contributed by atoms with van der Waals surface area (Å²) in [7, 11) is 0. The van der Waals surface area contributed by atoms with Gasteiger partial charge in [0.1, 0.15) is 0 Å². The fourth-order valence-electron chi connectivity index (χ4n) is 5.83. The van der Waals surface area contributed by atoms with Gasteiger partial charge < -0.3 is 4.57 Å². The maximum atomic E-state index is 5.10. The lowest BCUT2D eigenvalue weighted by atomic mass is 10.0. The largest absolute Gasteiger partial charge is 0.308 e. The second-order valence-corrected chi connectivity index (χ2v) is 10.5. The van der Waals surface area contributed by atoms with Crippen LogP contribution < -0.4 is 0 Å². The minimum Gasteiger partial charge on any atom is -0.308 e. The molecule has 2 aromatic heterocycles. The highest BCUT2D eigenvalue weighted by Crippen LogP contribution is 2.38. The third-order valence-electron chi connectivity index (χ3n) is 7.87. The van der Waals surface area contributed by atoms with Gasteiger partial charge in [-0.15, -0.1) is 0 Å². The molecule has 8 rings (SSSR count). The van der Waals surface area contributed by atoms with E-state index in [1.54, 1.807) is 0 Å². The highest BCUT2D eigenvalue weighted by Gasteiger charge is 2.20. The van der Waals surface area contributed by atoms with Crippen molar-refractivity contribution in [2.75, 3.05) is 0 Å². The zero-order valence-electron chi connectivity index (χ0n) is 23.3. The molecule has 8 aromatic rings. The molecule has 0 spiro atoms. The number of aromatic nitrogens is 4. The van der Waals surface area contributed by atoms with Crippen molar-refractivity contribution in [3.8, 4) is 51.0 Å². The average Bonchev–Trinajstić information content (AvgIpc) is 3.43. The van der Waals surface area contributed by atoms with Gasteiger partial charge in [-0.2, -0.15) is 0 Å². The van der Waals surface area contributed by atoms with Gasteiger partial charge in [-0.1, -0.05) is 133 Å². The molecule has 0 aliphatic rings. The Balaban J connectivity index is 1.45. The van der Waals surface area contributed by atoms with E-state index in [4.69, 9.17) is 15.0 Å². The summed E-state index contributed by atoms with van der Waals surface area (Å²) < 4.78 is 2.35. The van der Waals surface area contributed by atoms with E-state index in [1.165, 1.54) is 10.8 Å². The van der Waals surface area contributed by atoms with E-state index in [1.807, 2.05) is 66.7 Å². The smallest absolute Gasteiger partial charge is 0.166 e. The number of rotatable bonds is 5. The molecule has 0 bridgehead atoms. The summed E-state index contributed by atoms with van der Waals surface area (Å²) in [4.78, 5) is 15.1. The van der Waals surface area contributed by atoms with E-state index in [0.717, 1.165) is 44.5 Å². The van der Waals surface area contributed by atoms with E-state index in [0.29, 0.717) is 17.5 Å². The standard InChI is InChI=1S/C39H26N4/c1-4-14-27(15-5-1)30-24-25-33(36(26-30)43-34-22-12-10-20-31(34)32-21-11-13-23-35(32)43)39-41-37(28-16-6-2-7-17-28)40-38(42-39)29-18-8-3-9-19-29/h1-26H. The fourth-order valence-corrected chi connectivity index (χ4v) is 5.83. The molecule has 202 valence electrons. The van der Waals surface area contributed by atoms with Gasteiger partial charge in [0, 0.05) is 27.5 Å². The van der Waals surface area contributed by atoms with Crippen LogP contribution in [0.25, 0.3) is 72.8 Å². The monoisotopic (exact) mass is 550 g/mol. The summed E-state index contributed by atoms with van der Waals surface area (Å²) in [5.74, 6) is 1.92. The second-order valence-electron chi connectivity index (χ2n) is 10.5. The van der Waals surface area contributed by atoms with Crippen molar-refractivity contribution in [2.24, 2.45) is 0 Å². The highest BCUT2D eigenvalue weighted by molar-refractivity contribution is 6.09. The number of benzene rings is 6. The Bertz CT molecular complexity index is 2110. The van der Waals surface area contributed by atoms with Gasteiger partial charge in [0.25, 0.3) is 0 Å². The molecule has 2 heterocycles. The maximum Gasteiger partial charge on any atom is 0.166 e. The van der Waals surface area contributed by atoms with E-state index >= 15 is 0 Å². The Hall–Kier alpha value is -5.87. The van der Waals surface area contributed by atoms with E-state index in [9.17, 15) is 0 Å². The summed E-state index contributed by atoms with van der Waals surface area (Å²) in [5, 5.41) is 2.42. The molecule has 0 saturated heterocycles. The van der Waals surface area contributed by atoms with Crippen LogP contribution in [-0.2, 0) is 0 Å². The predicted octanol–water partition coefficient (Wildman–Crippen LogP) is 9.64. The Kier molecular flexibility index (Phi) is 6.08. The number of para-hydroxylation sites is 2. The molecule has 43 heavy (non-hydrogen) atoms. The number of nitrogens with zero attached hydrogens (tertiary/aromatic N) is 4.